The molecule has 0 aromatic heterocycles. The van der Waals surface area contributed by atoms with Crippen LogP contribution in [0.15, 0.2) is 23.1 Å². The van der Waals surface area contributed by atoms with Crippen molar-refractivity contribution in [3.63, 3.8) is 0 Å². The van der Waals surface area contributed by atoms with Gasteiger partial charge in [-0.05, 0) is 43.1 Å². The highest BCUT2D eigenvalue weighted by molar-refractivity contribution is 7.99. The zero-order valence-electron chi connectivity index (χ0n) is 10.8. The Hall–Kier alpha value is -0.470. The quantitative estimate of drug-likeness (QED) is 0.593. The predicted octanol–water partition coefficient (Wildman–Crippen LogP) is 4.00. The van der Waals surface area contributed by atoms with Crippen molar-refractivity contribution in [2.24, 2.45) is 0 Å². The first-order valence-electron chi connectivity index (χ1n) is 6.10. The van der Waals surface area contributed by atoms with E-state index in [4.69, 9.17) is 0 Å². The Morgan fingerprint density at radius 3 is 2.62 bits per heavy atom. The average Bonchev–Trinajstić information content (AvgIpc) is 2.20. The molecule has 1 nitrogen and oxygen atoms in total. The highest BCUT2D eigenvalue weighted by Gasteiger charge is 2.02. The summed E-state index contributed by atoms with van der Waals surface area (Å²) in [5.74, 6) is 0. The molecule has 0 fully saturated rings. The van der Waals surface area contributed by atoms with Gasteiger partial charge in [0.15, 0.2) is 0 Å². The van der Waals surface area contributed by atoms with Crippen molar-refractivity contribution in [2.45, 2.75) is 50.8 Å². The number of benzene rings is 1. The van der Waals surface area contributed by atoms with Crippen molar-refractivity contribution >= 4 is 11.8 Å². The summed E-state index contributed by atoms with van der Waals surface area (Å²) in [6.45, 7) is 11.0. The molecular weight excluding hydrogens is 214 g/mol. The molecule has 0 amide bonds. The predicted molar refractivity (Wildman–Crippen MR) is 74.2 cm³/mol. The molecule has 1 aromatic rings. The van der Waals surface area contributed by atoms with Crippen LogP contribution < -0.4 is 5.32 Å². The summed E-state index contributed by atoms with van der Waals surface area (Å²) in [5.41, 5.74) is 2.82. The van der Waals surface area contributed by atoms with Crippen molar-refractivity contribution in [3.8, 4) is 0 Å². The van der Waals surface area contributed by atoms with Gasteiger partial charge >= 0.3 is 0 Å². The lowest BCUT2D eigenvalue weighted by atomic mass is 10.1. The zero-order valence-corrected chi connectivity index (χ0v) is 11.7. The minimum Gasteiger partial charge on any atom is -0.313 e. The van der Waals surface area contributed by atoms with Gasteiger partial charge < -0.3 is 5.32 Å². The fourth-order valence-corrected chi connectivity index (χ4v) is 2.55. The van der Waals surface area contributed by atoms with E-state index in [0.29, 0.717) is 5.25 Å². The lowest BCUT2D eigenvalue weighted by Crippen LogP contribution is -2.14. The number of hydrogen-bond donors (Lipinski definition) is 1. The molecule has 0 bridgehead atoms. The van der Waals surface area contributed by atoms with Gasteiger partial charge in [0.2, 0.25) is 0 Å². The van der Waals surface area contributed by atoms with Gasteiger partial charge in [-0.1, -0.05) is 26.8 Å². The minimum absolute atomic E-state index is 0.656. The van der Waals surface area contributed by atoms with E-state index in [-0.39, 0.29) is 0 Å². The van der Waals surface area contributed by atoms with Crippen LogP contribution in [0.2, 0.25) is 0 Å². The molecule has 0 aliphatic carbocycles. The second-order valence-electron chi connectivity index (χ2n) is 4.43. The Labute approximate surface area is 104 Å². The van der Waals surface area contributed by atoms with E-state index in [1.54, 1.807) is 0 Å². The monoisotopic (exact) mass is 237 g/mol. The van der Waals surface area contributed by atoms with E-state index in [2.05, 4.69) is 51.2 Å². The molecule has 0 spiro atoms. The number of aryl methyl sites for hydroxylation is 1. The van der Waals surface area contributed by atoms with E-state index in [0.717, 1.165) is 13.1 Å². The summed E-state index contributed by atoms with van der Waals surface area (Å²) in [6.07, 6.45) is 1.19. The second-order valence-corrected chi connectivity index (χ2v) is 6.08. The molecule has 0 aliphatic heterocycles. The average molecular weight is 237 g/mol. The lowest BCUT2D eigenvalue weighted by molar-refractivity contribution is 0.673. The summed E-state index contributed by atoms with van der Waals surface area (Å²) >= 11 is 1.93. The lowest BCUT2D eigenvalue weighted by Gasteiger charge is -2.10. The van der Waals surface area contributed by atoms with Crippen molar-refractivity contribution in [2.75, 3.05) is 6.54 Å². The van der Waals surface area contributed by atoms with E-state index in [9.17, 15) is 0 Å². The van der Waals surface area contributed by atoms with Gasteiger partial charge in [-0.3, -0.25) is 0 Å². The molecule has 1 rings (SSSR count). The molecule has 1 N–H and O–H groups in total. The molecule has 0 atom stereocenters. The van der Waals surface area contributed by atoms with E-state index < -0.39 is 0 Å². The maximum atomic E-state index is 3.45. The molecule has 0 unspecified atom stereocenters. The number of thioether (sulfide) groups is 1. The van der Waals surface area contributed by atoms with Gasteiger partial charge in [0.1, 0.15) is 0 Å². The summed E-state index contributed by atoms with van der Waals surface area (Å²) < 4.78 is 0. The van der Waals surface area contributed by atoms with Crippen molar-refractivity contribution in [1.82, 2.24) is 5.32 Å². The molecule has 0 aliphatic rings. The summed E-state index contributed by atoms with van der Waals surface area (Å²) in [7, 11) is 0. The molecular formula is C14H23NS. The van der Waals surface area contributed by atoms with Crippen LogP contribution in [0.5, 0.6) is 0 Å². The van der Waals surface area contributed by atoms with Gasteiger partial charge in [-0.15, -0.1) is 11.8 Å². The molecule has 0 saturated carbocycles. The molecule has 1 aromatic carbocycles. The smallest absolute Gasteiger partial charge is 0.0208 e. The highest BCUT2D eigenvalue weighted by Crippen LogP contribution is 2.24. The van der Waals surface area contributed by atoms with Crippen LogP contribution in [-0.4, -0.2) is 11.8 Å². The van der Waals surface area contributed by atoms with Gasteiger partial charge in [0.05, 0.1) is 0 Å². The summed E-state index contributed by atoms with van der Waals surface area (Å²) in [6, 6.07) is 6.79. The van der Waals surface area contributed by atoms with Gasteiger partial charge in [0.25, 0.3) is 0 Å². The number of rotatable bonds is 6. The maximum Gasteiger partial charge on any atom is 0.0208 e. The molecule has 2 heteroatoms. The number of nitrogens with one attached hydrogen (secondary N) is 1. The summed E-state index contributed by atoms with van der Waals surface area (Å²) in [5, 5.41) is 4.10. The van der Waals surface area contributed by atoms with Gasteiger partial charge in [-0.25, -0.2) is 0 Å². The maximum absolute atomic E-state index is 3.45. The van der Waals surface area contributed by atoms with Crippen LogP contribution >= 0.6 is 11.8 Å². The minimum atomic E-state index is 0.656. The highest BCUT2D eigenvalue weighted by atomic mass is 32.2. The Morgan fingerprint density at radius 2 is 2.06 bits per heavy atom. The largest absolute Gasteiger partial charge is 0.313 e. The first kappa shape index (κ1) is 13.6. The normalized spacial score (nSPS) is 11.1. The second kappa shape index (κ2) is 6.97. The van der Waals surface area contributed by atoms with Crippen LogP contribution in [0.4, 0.5) is 0 Å². The third-order valence-electron chi connectivity index (χ3n) is 2.43. The van der Waals surface area contributed by atoms with Gasteiger partial charge in [-0.2, -0.15) is 0 Å². The van der Waals surface area contributed by atoms with Crippen LogP contribution in [0.1, 0.15) is 38.3 Å². The Balaban J connectivity index is 2.60. The molecule has 16 heavy (non-hydrogen) atoms. The summed E-state index contributed by atoms with van der Waals surface area (Å²) in [4.78, 5) is 1.38. The van der Waals surface area contributed by atoms with Crippen molar-refractivity contribution in [3.05, 3.63) is 29.3 Å². The van der Waals surface area contributed by atoms with E-state index in [1.807, 2.05) is 11.8 Å². The molecule has 0 saturated heterocycles. The Morgan fingerprint density at radius 1 is 1.31 bits per heavy atom. The first-order valence-corrected chi connectivity index (χ1v) is 6.98. The first-order chi connectivity index (χ1) is 7.63. The SMILES string of the molecule is CCCNCc1ccc(SC(C)C)cc1C. The van der Waals surface area contributed by atoms with Gasteiger partial charge in [0, 0.05) is 16.7 Å². The van der Waals surface area contributed by atoms with Crippen LogP contribution in [0.25, 0.3) is 0 Å². The van der Waals surface area contributed by atoms with Crippen LogP contribution in [-0.2, 0) is 6.54 Å². The zero-order chi connectivity index (χ0) is 12.0. The fourth-order valence-electron chi connectivity index (χ4n) is 1.61. The van der Waals surface area contributed by atoms with E-state index >= 15 is 0 Å². The Kier molecular flexibility index (Phi) is 5.93. The third kappa shape index (κ3) is 4.58. The topological polar surface area (TPSA) is 12.0 Å². The van der Waals surface area contributed by atoms with Crippen LogP contribution in [0.3, 0.4) is 0 Å². The standard InChI is InChI=1S/C14H23NS/c1-5-8-15-10-13-6-7-14(9-12(13)4)16-11(2)3/h6-7,9,11,15H,5,8,10H2,1-4H3. The number of hydrogen-bond acceptors (Lipinski definition) is 2. The Bertz CT molecular complexity index is 321. The third-order valence-corrected chi connectivity index (χ3v) is 3.43. The van der Waals surface area contributed by atoms with E-state index in [1.165, 1.54) is 22.4 Å². The molecule has 90 valence electrons. The molecule has 0 radical (unpaired) electrons. The molecule has 0 heterocycles. The van der Waals surface area contributed by atoms with Crippen LogP contribution in [0, 0.1) is 6.92 Å². The van der Waals surface area contributed by atoms with Crippen molar-refractivity contribution in [1.29, 1.82) is 0 Å². The fraction of sp³-hybridized carbons (Fsp3) is 0.571. The van der Waals surface area contributed by atoms with Crippen molar-refractivity contribution < 1.29 is 0 Å².